The SMILES string of the molecule is CCNc1nc(Nc2ccc(Cl)c(Br)c2)c2ccsc2n1. The average molecular weight is 384 g/mol. The van der Waals surface area contributed by atoms with Crippen molar-refractivity contribution in [2.45, 2.75) is 6.92 Å². The van der Waals surface area contributed by atoms with Crippen LogP contribution in [-0.4, -0.2) is 16.5 Å². The molecule has 0 spiro atoms. The third-order valence-electron chi connectivity index (χ3n) is 2.84. The Morgan fingerprint density at radius 2 is 2.14 bits per heavy atom. The molecule has 0 saturated carbocycles. The molecule has 0 aliphatic rings. The van der Waals surface area contributed by atoms with Crippen LogP contribution in [0.15, 0.2) is 34.1 Å². The van der Waals surface area contributed by atoms with Crippen molar-refractivity contribution in [1.82, 2.24) is 9.97 Å². The van der Waals surface area contributed by atoms with E-state index in [1.54, 1.807) is 11.3 Å². The van der Waals surface area contributed by atoms with Gasteiger partial charge in [-0.3, -0.25) is 0 Å². The highest BCUT2D eigenvalue weighted by atomic mass is 79.9. The maximum Gasteiger partial charge on any atom is 0.226 e. The number of fused-ring (bicyclic) bond motifs is 1. The van der Waals surface area contributed by atoms with Crippen LogP contribution in [0.5, 0.6) is 0 Å². The Bertz CT molecular complexity index is 790. The van der Waals surface area contributed by atoms with Crippen LogP contribution in [0.1, 0.15) is 6.92 Å². The van der Waals surface area contributed by atoms with Gasteiger partial charge in [-0.1, -0.05) is 11.6 Å². The molecule has 1 aromatic carbocycles. The summed E-state index contributed by atoms with van der Waals surface area (Å²) in [6.07, 6.45) is 0. The van der Waals surface area contributed by atoms with Crippen molar-refractivity contribution in [3.63, 3.8) is 0 Å². The van der Waals surface area contributed by atoms with Crippen LogP contribution < -0.4 is 10.6 Å². The van der Waals surface area contributed by atoms with E-state index in [1.165, 1.54) is 0 Å². The maximum atomic E-state index is 6.02. The number of hydrogen-bond acceptors (Lipinski definition) is 5. The first-order chi connectivity index (χ1) is 10.2. The van der Waals surface area contributed by atoms with Crippen molar-refractivity contribution >= 4 is 66.5 Å². The first-order valence-electron chi connectivity index (χ1n) is 6.38. The minimum Gasteiger partial charge on any atom is -0.354 e. The molecule has 21 heavy (non-hydrogen) atoms. The Labute approximate surface area is 139 Å². The molecule has 2 N–H and O–H groups in total. The van der Waals surface area contributed by atoms with Gasteiger partial charge in [-0.25, -0.2) is 4.98 Å². The maximum absolute atomic E-state index is 6.02. The number of anilines is 3. The third-order valence-corrected chi connectivity index (χ3v) is 4.86. The molecular formula is C14H12BrClN4S. The smallest absolute Gasteiger partial charge is 0.226 e. The normalized spacial score (nSPS) is 10.8. The van der Waals surface area contributed by atoms with E-state index in [-0.39, 0.29) is 0 Å². The molecule has 3 aromatic rings. The fraction of sp³-hybridized carbons (Fsp3) is 0.143. The van der Waals surface area contributed by atoms with Gasteiger partial charge < -0.3 is 10.6 Å². The average Bonchev–Trinajstić information content (AvgIpc) is 2.92. The Balaban J connectivity index is 2.01. The van der Waals surface area contributed by atoms with Crippen LogP contribution >= 0.6 is 38.9 Å². The zero-order valence-electron chi connectivity index (χ0n) is 11.2. The van der Waals surface area contributed by atoms with Gasteiger partial charge in [0, 0.05) is 16.7 Å². The summed E-state index contributed by atoms with van der Waals surface area (Å²) < 4.78 is 0.844. The van der Waals surface area contributed by atoms with Crippen LogP contribution in [0, 0.1) is 0 Å². The third kappa shape index (κ3) is 3.12. The number of benzene rings is 1. The van der Waals surface area contributed by atoms with E-state index in [9.17, 15) is 0 Å². The standard InChI is InChI=1S/C14H12BrClN4S/c1-2-17-14-19-12(9-5-6-21-13(9)20-14)18-8-3-4-11(16)10(15)7-8/h3-7H,2H2,1H3,(H2,17,18,19,20). The van der Waals surface area contributed by atoms with E-state index >= 15 is 0 Å². The highest BCUT2D eigenvalue weighted by molar-refractivity contribution is 9.10. The summed E-state index contributed by atoms with van der Waals surface area (Å²) in [4.78, 5) is 9.98. The Morgan fingerprint density at radius 1 is 1.29 bits per heavy atom. The van der Waals surface area contributed by atoms with Crippen molar-refractivity contribution in [3.05, 3.63) is 39.1 Å². The summed E-state index contributed by atoms with van der Waals surface area (Å²) in [5, 5.41) is 10.2. The molecule has 0 saturated heterocycles. The Morgan fingerprint density at radius 3 is 2.90 bits per heavy atom. The summed E-state index contributed by atoms with van der Waals surface area (Å²) in [5.74, 6) is 1.41. The van der Waals surface area contributed by atoms with Crippen molar-refractivity contribution in [3.8, 4) is 0 Å². The fourth-order valence-electron chi connectivity index (χ4n) is 1.90. The molecule has 108 valence electrons. The molecule has 0 fully saturated rings. The molecule has 0 bridgehead atoms. The zero-order valence-corrected chi connectivity index (χ0v) is 14.3. The number of halogens is 2. The molecule has 0 atom stereocenters. The monoisotopic (exact) mass is 382 g/mol. The van der Waals surface area contributed by atoms with E-state index < -0.39 is 0 Å². The topological polar surface area (TPSA) is 49.8 Å². The lowest BCUT2D eigenvalue weighted by molar-refractivity contribution is 1.11. The van der Waals surface area contributed by atoms with Gasteiger partial charge in [-0.15, -0.1) is 11.3 Å². The van der Waals surface area contributed by atoms with Crippen LogP contribution in [0.2, 0.25) is 5.02 Å². The van der Waals surface area contributed by atoms with Crippen LogP contribution in [0.25, 0.3) is 10.2 Å². The molecule has 2 aromatic heterocycles. The van der Waals surface area contributed by atoms with Crippen molar-refractivity contribution in [2.75, 3.05) is 17.2 Å². The van der Waals surface area contributed by atoms with Crippen LogP contribution in [0.3, 0.4) is 0 Å². The summed E-state index contributed by atoms with van der Waals surface area (Å²) in [5.41, 5.74) is 0.917. The van der Waals surface area contributed by atoms with E-state index in [0.29, 0.717) is 11.0 Å². The van der Waals surface area contributed by atoms with Gasteiger partial charge in [0.2, 0.25) is 5.95 Å². The first kappa shape index (κ1) is 14.6. The van der Waals surface area contributed by atoms with E-state index in [1.807, 2.05) is 36.6 Å². The van der Waals surface area contributed by atoms with Gasteiger partial charge >= 0.3 is 0 Å². The lowest BCUT2D eigenvalue weighted by Gasteiger charge is -2.10. The molecule has 7 heteroatoms. The minimum atomic E-state index is 0.628. The van der Waals surface area contributed by atoms with Gasteiger partial charge in [0.25, 0.3) is 0 Å². The summed E-state index contributed by atoms with van der Waals surface area (Å²) in [6.45, 7) is 2.80. The number of thiophene rings is 1. The number of aromatic nitrogens is 2. The van der Waals surface area contributed by atoms with E-state index in [0.717, 1.165) is 32.7 Å². The predicted octanol–water partition coefficient (Wildman–Crippen LogP) is 5.28. The quantitative estimate of drug-likeness (QED) is 0.643. The summed E-state index contributed by atoms with van der Waals surface area (Å²) >= 11 is 11.0. The van der Waals surface area contributed by atoms with E-state index in [4.69, 9.17) is 11.6 Å². The van der Waals surface area contributed by atoms with Crippen molar-refractivity contribution in [1.29, 1.82) is 0 Å². The lowest BCUT2D eigenvalue weighted by Crippen LogP contribution is -2.04. The number of nitrogens with zero attached hydrogens (tertiary/aromatic N) is 2. The second-order valence-corrected chi connectivity index (χ2v) is 6.48. The largest absolute Gasteiger partial charge is 0.354 e. The Hall–Kier alpha value is -1.37. The number of rotatable bonds is 4. The molecule has 2 heterocycles. The van der Waals surface area contributed by atoms with Gasteiger partial charge in [0.1, 0.15) is 10.6 Å². The predicted molar refractivity (Wildman–Crippen MR) is 94.0 cm³/mol. The summed E-state index contributed by atoms with van der Waals surface area (Å²) in [7, 11) is 0. The van der Waals surface area contributed by atoms with Crippen LogP contribution in [-0.2, 0) is 0 Å². The van der Waals surface area contributed by atoms with Crippen molar-refractivity contribution in [2.24, 2.45) is 0 Å². The van der Waals surface area contributed by atoms with Crippen LogP contribution in [0.4, 0.5) is 17.5 Å². The Kier molecular flexibility index (Phi) is 4.28. The van der Waals surface area contributed by atoms with Gasteiger partial charge in [-0.2, -0.15) is 4.98 Å². The molecule has 0 unspecified atom stereocenters. The minimum absolute atomic E-state index is 0.628. The lowest BCUT2D eigenvalue weighted by atomic mass is 10.3. The second kappa shape index (κ2) is 6.17. The van der Waals surface area contributed by atoms with Gasteiger partial charge in [0.05, 0.1) is 10.4 Å². The highest BCUT2D eigenvalue weighted by Gasteiger charge is 2.09. The van der Waals surface area contributed by atoms with E-state index in [2.05, 4.69) is 36.5 Å². The fourth-order valence-corrected chi connectivity index (χ4v) is 3.16. The molecular weight excluding hydrogens is 372 g/mol. The molecule has 0 aliphatic carbocycles. The molecule has 0 aliphatic heterocycles. The number of nitrogens with one attached hydrogen (secondary N) is 2. The highest BCUT2D eigenvalue weighted by Crippen LogP contribution is 2.31. The molecule has 4 nitrogen and oxygen atoms in total. The number of hydrogen-bond donors (Lipinski definition) is 2. The van der Waals surface area contributed by atoms with Crippen molar-refractivity contribution < 1.29 is 0 Å². The first-order valence-corrected chi connectivity index (χ1v) is 8.43. The molecule has 0 amide bonds. The summed E-state index contributed by atoms with van der Waals surface area (Å²) in [6, 6.07) is 7.70. The molecule has 3 rings (SSSR count). The second-order valence-electron chi connectivity index (χ2n) is 4.32. The molecule has 0 radical (unpaired) electrons. The zero-order chi connectivity index (χ0) is 14.8. The van der Waals surface area contributed by atoms with Gasteiger partial charge in [-0.05, 0) is 52.5 Å². The van der Waals surface area contributed by atoms with Gasteiger partial charge in [0.15, 0.2) is 0 Å².